The van der Waals surface area contributed by atoms with Crippen LogP contribution in [0.3, 0.4) is 0 Å². The molecule has 0 fully saturated rings. The van der Waals surface area contributed by atoms with Gasteiger partial charge in [-0.25, -0.2) is 0 Å². The third kappa shape index (κ3) is 9.04. The molecule has 2 N–H and O–H groups in total. The number of nitrogens with one attached hydrogen (secondary N) is 1. The summed E-state index contributed by atoms with van der Waals surface area (Å²) in [5.74, 6) is 1.07. The summed E-state index contributed by atoms with van der Waals surface area (Å²) in [6, 6.07) is 0. The molecule has 0 saturated heterocycles. The number of aliphatic hydroxyl groups excluding tert-OH is 1. The van der Waals surface area contributed by atoms with Crippen molar-refractivity contribution in [2.24, 2.45) is 5.92 Å². The Balaban J connectivity index is 3.68. The van der Waals surface area contributed by atoms with Crippen molar-refractivity contribution >= 4 is 17.7 Å². The molecule has 0 heterocycles. The summed E-state index contributed by atoms with van der Waals surface area (Å²) in [5, 5.41) is 12.3. The fourth-order valence-electron chi connectivity index (χ4n) is 1.49. The van der Waals surface area contributed by atoms with Crippen molar-refractivity contribution < 1.29 is 9.90 Å². The number of hydrogen-bond donors (Lipinski definition) is 2. The van der Waals surface area contributed by atoms with Crippen LogP contribution in [-0.4, -0.2) is 35.2 Å². The monoisotopic (exact) mass is 247 g/mol. The van der Waals surface area contributed by atoms with Gasteiger partial charge in [0.2, 0.25) is 5.91 Å². The topological polar surface area (TPSA) is 49.3 Å². The van der Waals surface area contributed by atoms with Crippen LogP contribution in [-0.2, 0) is 4.79 Å². The molecular weight excluding hydrogens is 222 g/mol. The SMILES string of the molecule is CCCC(CCO)CNC(=O)CSC(C)C. The third-order valence-electron chi connectivity index (χ3n) is 2.37. The lowest BCUT2D eigenvalue weighted by atomic mass is 10.0. The van der Waals surface area contributed by atoms with E-state index in [1.165, 1.54) is 0 Å². The molecule has 0 aliphatic carbocycles. The summed E-state index contributed by atoms with van der Waals surface area (Å²) in [6.45, 7) is 7.21. The van der Waals surface area contributed by atoms with Crippen molar-refractivity contribution in [3.8, 4) is 0 Å². The summed E-state index contributed by atoms with van der Waals surface area (Å²) in [5.41, 5.74) is 0. The van der Waals surface area contributed by atoms with Gasteiger partial charge in [-0.1, -0.05) is 27.2 Å². The molecule has 0 spiro atoms. The van der Waals surface area contributed by atoms with Gasteiger partial charge in [-0.3, -0.25) is 4.79 Å². The molecule has 0 aromatic heterocycles. The molecule has 16 heavy (non-hydrogen) atoms. The molecule has 0 aromatic rings. The fourth-order valence-corrected chi connectivity index (χ4v) is 2.08. The first kappa shape index (κ1) is 15.8. The van der Waals surface area contributed by atoms with Gasteiger partial charge in [0.25, 0.3) is 0 Å². The van der Waals surface area contributed by atoms with E-state index in [1.54, 1.807) is 11.8 Å². The third-order valence-corrected chi connectivity index (χ3v) is 3.47. The molecule has 4 heteroatoms. The van der Waals surface area contributed by atoms with Crippen molar-refractivity contribution in [1.29, 1.82) is 0 Å². The lowest BCUT2D eigenvalue weighted by Crippen LogP contribution is -2.31. The van der Waals surface area contributed by atoms with E-state index in [-0.39, 0.29) is 12.5 Å². The Bertz CT molecular complexity index is 180. The van der Waals surface area contributed by atoms with Crippen LogP contribution >= 0.6 is 11.8 Å². The quantitative estimate of drug-likeness (QED) is 0.655. The van der Waals surface area contributed by atoms with E-state index >= 15 is 0 Å². The van der Waals surface area contributed by atoms with Gasteiger partial charge in [0.15, 0.2) is 0 Å². The van der Waals surface area contributed by atoms with Gasteiger partial charge in [-0.2, -0.15) is 0 Å². The molecule has 0 aliphatic rings. The summed E-state index contributed by atoms with van der Waals surface area (Å²) in [6.07, 6.45) is 2.95. The molecule has 0 radical (unpaired) electrons. The van der Waals surface area contributed by atoms with E-state index in [1.807, 2.05) is 0 Å². The summed E-state index contributed by atoms with van der Waals surface area (Å²) < 4.78 is 0. The van der Waals surface area contributed by atoms with Gasteiger partial charge >= 0.3 is 0 Å². The average Bonchev–Trinajstić information content (AvgIpc) is 2.23. The van der Waals surface area contributed by atoms with Crippen LogP contribution in [0.5, 0.6) is 0 Å². The minimum atomic E-state index is 0.109. The smallest absolute Gasteiger partial charge is 0.230 e. The highest BCUT2D eigenvalue weighted by Crippen LogP contribution is 2.10. The maximum Gasteiger partial charge on any atom is 0.230 e. The molecule has 3 nitrogen and oxygen atoms in total. The molecule has 0 aromatic carbocycles. The summed E-state index contributed by atoms with van der Waals surface area (Å²) in [7, 11) is 0. The largest absolute Gasteiger partial charge is 0.396 e. The summed E-state index contributed by atoms with van der Waals surface area (Å²) >= 11 is 1.66. The normalized spacial score (nSPS) is 12.8. The minimum absolute atomic E-state index is 0.109. The maximum atomic E-state index is 11.5. The number of carbonyl (C=O) groups is 1. The lowest BCUT2D eigenvalue weighted by molar-refractivity contribution is -0.118. The first-order valence-electron chi connectivity index (χ1n) is 6.09. The first-order chi connectivity index (χ1) is 7.60. The number of carbonyl (C=O) groups excluding carboxylic acids is 1. The second-order valence-electron chi connectivity index (χ2n) is 4.33. The second-order valence-corrected chi connectivity index (χ2v) is 5.90. The van der Waals surface area contributed by atoms with Crippen molar-refractivity contribution in [3.63, 3.8) is 0 Å². The zero-order valence-electron chi connectivity index (χ0n) is 10.7. The Morgan fingerprint density at radius 2 is 2.06 bits per heavy atom. The molecule has 0 saturated carbocycles. The molecule has 0 rings (SSSR count). The molecule has 1 atom stereocenters. The second kappa shape index (κ2) is 9.97. The van der Waals surface area contributed by atoms with Gasteiger partial charge in [0, 0.05) is 13.2 Å². The van der Waals surface area contributed by atoms with Crippen LogP contribution in [0.1, 0.15) is 40.0 Å². The Morgan fingerprint density at radius 3 is 2.56 bits per heavy atom. The van der Waals surface area contributed by atoms with Gasteiger partial charge < -0.3 is 10.4 Å². The molecular formula is C12H25NO2S. The Labute approximate surface area is 103 Å². The Hall–Kier alpha value is -0.220. The molecule has 0 bridgehead atoms. The van der Waals surface area contributed by atoms with Crippen LogP contribution in [0.25, 0.3) is 0 Å². The zero-order chi connectivity index (χ0) is 12.4. The Kier molecular flexibility index (Phi) is 9.83. The van der Waals surface area contributed by atoms with Gasteiger partial charge in [0.1, 0.15) is 0 Å². The fraction of sp³-hybridized carbons (Fsp3) is 0.917. The molecule has 96 valence electrons. The van der Waals surface area contributed by atoms with Crippen LogP contribution in [0.2, 0.25) is 0 Å². The van der Waals surface area contributed by atoms with Crippen LogP contribution in [0, 0.1) is 5.92 Å². The Morgan fingerprint density at radius 1 is 1.38 bits per heavy atom. The van der Waals surface area contributed by atoms with E-state index < -0.39 is 0 Å². The van der Waals surface area contributed by atoms with E-state index in [0.717, 1.165) is 19.3 Å². The predicted molar refractivity (Wildman–Crippen MR) is 70.7 cm³/mol. The number of aliphatic hydroxyl groups is 1. The number of amides is 1. The van der Waals surface area contributed by atoms with Crippen LogP contribution < -0.4 is 5.32 Å². The first-order valence-corrected chi connectivity index (χ1v) is 7.14. The zero-order valence-corrected chi connectivity index (χ0v) is 11.5. The highest BCUT2D eigenvalue weighted by Gasteiger charge is 2.09. The number of rotatable bonds is 9. The highest BCUT2D eigenvalue weighted by atomic mass is 32.2. The maximum absolute atomic E-state index is 11.5. The predicted octanol–water partition coefficient (Wildman–Crippen LogP) is 2.04. The number of hydrogen-bond acceptors (Lipinski definition) is 3. The average molecular weight is 247 g/mol. The minimum Gasteiger partial charge on any atom is -0.396 e. The van der Waals surface area contributed by atoms with Crippen LogP contribution in [0.4, 0.5) is 0 Å². The van der Waals surface area contributed by atoms with Crippen LogP contribution in [0.15, 0.2) is 0 Å². The molecule has 0 aliphatic heterocycles. The number of thioether (sulfide) groups is 1. The molecule has 1 unspecified atom stereocenters. The van der Waals surface area contributed by atoms with Gasteiger partial charge in [0.05, 0.1) is 5.75 Å². The van der Waals surface area contributed by atoms with E-state index in [4.69, 9.17) is 5.11 Å². The molecule has 1 amide bonds. The van der Waals surface area contributed by atoms with Crippen molar-refractivity contribution in [1.82, 2.24) is 5.32 Å². The van der Waals surface area contributed by atoms with Crippen molar-refractivity contribution in [2.75, 3.05) is 18.9 Å². The van der Waals surface area contributed by atoms with E-state index in [0.29, 0.717) is 23.5 Å². The van der Waals surface area contributed by atoms with E-state index in [9.17, 15) is 4.79 Å². The van der Waals surface area contributed by atoms with Gasteiger partial charge in [-0.05, 0) is 24.0 Å². The van der Waals surface area contributed by atoms with Crippen molar-refractivity contribution in [3.05, 3.63) is 0 Å². The lowest BCUT2D eigenvalue weighted by Gasteiger charge is -2.15. The van der Waals surface area contributed by atoms with Crippen molar-refractivity contribution in [2.45, 2.75) is 45.3 Å². The van der Waals surface area contributed by atoms with E-state index in [2.05, 4.69) is 26.1 Å². The van der Waals surface area contributed by atoms with Gasteiger partial charge in [-0.15, -0.1) is 11.8 Å². The summed E-state index contributed by atoms with van der Waals surface area (Å²) in [4.78, 5) is 11.5. The standard InChI is InChI=1S/C12H25NO2S/c1-4-5-11(6-7-14)8-13-12(15)9-16-10(2)3/h10-11,14H,4-9H2,1-3H3,(H,13,15). The highest BCUT2D eigenvalue weighted by molar-refractivity contribution is 8.00.